The number of rotatable bonds is 7. The van der Waals surface area contributed by atoms with Gasteiger partial charge in [-0.3, -0.25) is 4.99 Å². The predicted octanol–water partition coefficient (Wildman–Crippen LogP) is 3.07. The molecule has 1 saturated carbocycles. The molecule has 3 N–H and O–H groups in total. The Hall–Kier alpha value is -1.09. The van der Waals surface area contributed by atoms with Crippen molar-refractivity contribution in [2.75, 3.05) is 19.6 Å². The molecule has 0 aromatic heterocycles. The number of aliphatic hydroxyl groups is 1. The molecule has 2 rings (SSSR count). The largest absolute Gasteiger partial charge is 0.489 e. The zero-order valence-corrected chi connectivity index (χ0v) is 17.3. The molecular weight excluding hydrogens is 436 g/mol. The maximum atomic E-state index is 12.9. The van der Waals surface area contributed by atoms with E-state index in [-0.39, 0.29) is 35.9 Å². The molecular formula is C18H29FIN3O2. The molecule has 1 aliphatic carbocycles. The minimum Gasteiger partial charge on any atom is -0.489 e. The maximum absolute atomic E-state index is 12.9. The summed E-state index contributed by atoms with van der Waals surface area (Å²) < 4.78 is 18.6. The first-order valence-electron chi connectivity index (χ1n) is 8.67. The van der Waals surface area contributed by atoms with Gasteiger partial charge in [0.2, 0.25) is 0 Å². The third kappa shape index (κ3) is 7.77. The Balaban J connectivity index is 0.00000312. The number of nitrogens with zero attached hydrogens (tertiary/aromatic N) is 1. The van der Waals surface area contributed by atoms with Crippen molar-refractivity contribution in [1.82, 2.24) is 10.6 Å². The van der Waals surface area contributed by atoms with E-state index in [0.29, 0.717) is 24.8 Å². The van der Waals surface area contributed by atoms with Crippen molar-refractivity contribution in [1.29, 1.82) is 0 Å². The Morgan fingerprint density at radius 2 is 1.92 bits per heavy atom. The van der Waals surface area contributed by atoms with E-state index in [2.05, 4.69) is 15.6 Å². The Labute approximate surface area is 166 Å². The SMILES string of the molecule is CCNC(=NCC1(O)CCCC1)NCC(C)Oc1ccc(F)cc1.I. The molecule has 0 bridgehead atoms. The van der Waals surface area contributed by atoms with E-state index in [1.165, 1.54) is 12.1 Å². The van der Waals surface area contributed by atoms with Crippen molar-refractivity contribution in [3.63, 3.8) is 0 Å². The number of nitrogens with one attached hydrogen (secondary N) is 2. The number of guanidine groups is 1. The lowest BCUT2D eigenvalue weighted by Crippen LogP contribution is -2.43. The van der Waals surface area contributed by atoms with Crippen molar-refractivity contribution in [3.05, 3.63) is 30.1 Å². The van der Waals surface area contributed by atoms with Crippen LogP contribution in [0.1, 0.15) is 39.5 Å². The zero-order valence-electron chi connectivity index (χ0n) is 14.9. The number of hydrogen-bond acceptors (Lipinski definition) is 3. The van der Waals surface area contributed by atoms with Gasteiger partial charge in [-0.15, -0.1) is 24.0 Å². The molecule has 142 valence electrons. The molecule has 1 aromatic rings. The fraction of sp³-hybridized carbons (Fsp3) is 0.611. The van der Waals surface area contributed by atoms with Gasteiger partial charge in [-0.1, -0.05) is 12.8 Å². The Bertz CT molecular complexity index is 534. The second-order valence-electron chi connectivity index (χ2n) is 6.39. The van der Waals surface area contributed by atoms with Crippen LogP contribution >= 0.6 is 24.0 Å². The third-order valence-electron chi connectivity index (χ3n) is 4.12. The summed E-state index contributed by atoms with van der Waals surface area (Å²) in [7, 11) is 0. The normalized spacial score (nSPS) is 17.5. The first-order chi connectivity index (χ1) is 11.5. The summed E-state index contributed by atoms with van der Waals surface area (Å²) in [5.41, 5.74) is -0.654. The summed E-state index contributed by atoms with van der Waals surface area (Å²) in [5, 5.41) is 16.8. The van der Waals surface area contributed by atoms with Crippen LogP contribution in [0.25, 0.3) is 0 Å². The molecule has 0 heterocycles. The van der Waals surface area contributed by atoms with Gasteiger partial charge in [-0.05, 0) is 51.0 Å². The average Bonchev–Trinajstić information content (AvgIpc) is 2.99. The van der Waals surface area contributed by atoms with E-state index in [1.807, 2.05) is 13.8 Å². The molecule has 0 radical (unpaired) electrons. The van der Waals surface area contributed by atoms with E-state index in [4.69, 9.17) is 4.74 Å². The van der Waals surface area contributed by atoms with Gasteiger partial charge in [-0.25, -0.2) is 4.39 Å². The third-order valence-corrected chi connectivity index (χ3v) is 4.12. The lowest BCUT2D eigenvalue weighted by atomic mass is 10.0. The van der Waals surface area contributed by atoms with Crippen molar-refractivity contribution in [2.45, 2.75) is 51.2 Å². The number of benzene rings is 1. The number of ether oxygens (including phenoxy) is 1. The van der Waals surface area contributed by atoms with Crippen LogP contribution in [0.5, 0.6) is 5.75 Å². The van der Waals surface area contributed by atoms with Crippen molar-refractivity contribution >= 4 is 29.9 Å². The van der Waals surface area contributed by atoms with E-state index in [9.17, 15) is 9.50 Å². The van der Waals surface area contributed by atoms with Crippen LogP contribution in [0.4, 0.5) is 4.39 Å². The summed E-state index contributed by atoms with van der Waals surface area (Å²) in [4.78, 5) is 4.50. The molecule has 1 aliphatic rings. The number of halogens is 2. The monoisotopic (exact) mass is 465 g/mol. The minimum absolute atomic E-state index is 0. The van der Waals surface area contributed by atoms with Gasteiger partial charge in [0, 0.05) is 6.54 Å². The molecule has 7 heteroatoms. The van der Waals surface area contributed by atoms with Crippen molar-refractivity contribution < 1.29 is 14.2 Å². The predicted molar refractivity (Wildman–Crippen MR) is 109 cm³/mol. The van der Waals surface area contributed by atoms with Gasteiger partial charge < -0.3 is 20.5 Å². The van der Waals surface area contributed by atoms with Gasteiger partial charge in [0.05, 0.1) is 18.7 Å². The number of aliphatic imine (C=N–C) groups is 1. The number of hydrogen-bond donors (Lipinski definition) is 3. The molecule has 5 nitrogen and oxygen atoms in total. The van der Waals surface area contributed by atoms with Crippen LogP contribution in [0.2, 0.25) is 0 Å². The fourth-order valence-corrected chi connectivity index (χ4v) is 2.79. The fourth-order valence-electron chi connectivity index (χ4n) is 2.79. The Morgan fingerprint density at radius 1 is 1.28 bits per heavy atom. The summed E-state index contributed by atoms with van der Waals surface area (Å²) >= 11 is 0. The molecule has 1 atom stereocenters. The standard InChI is InChI=1S/C18H28FN3O2.HI/c1-3-20-17(22-13-18(23)10-4-5-11-18)21-12-14(2)24-16-8-6-15(19)7-9-16;/h6-9,14,23H,3-5,10-13H2,1-2H3,(H2,20,21,22);1H. The van der Waals surface area contributed by atoms with Crippen LogP contribution < -0.4 is 15.4 Å². The molecule has 1 aromatic carbocycles. The highest BCUT2D eigenvalue weighted by Crippen LogP contribution is 2.29. The van der Waals surface area contributed by atoms with Crippen LogP contribution in [0.3, 0.4) is 0 Å². The molecule has 0 amide bonds. The average molecular weight is 465 g/mol. The van der Waals surface area contributed by atoms with E-state index in [0.717, 1.165) is 32.2 Å². The summed E-state index contributed by atoms with van der Waals surface area (Å²) in [6.45, 7) is 5.65. The van der Waals surface area contributed by atoms with Gasteiger partial charge in [0.15, 0.2) is 5.96 Å². The molecule has 25 heavy (non-hydrogen) atoms. The highest BCUT2D eigenvalue weighted by molar-refractivity contribution is 14.0. The first-order valence-corrected chi connectivity index (χ1v) is 8.67. The van der Waals surface area contributed by atoms with Crippen molar-refractivity contribution in [3.8, 4) is 5.75 Å². The minimum atomic E-state index is -0.654. The molecule has 0 spiro atoms. The van der Waals surface area contributed by atoms with E-state index >= 15 is 0 Å². The molecule has 0 aliphatic heterocycles. The maximum Gasteiger partial charge on any atom is 0.191 e. The van der Waals surface area contributed by atoms with Gasteiger partial charge in [0.25, 0.3) is 0 Å². The van der Waals surface area contributed by atoms with Gasteiger partial charge >= 0.3 is 0 Å². The second-order valence-corrected chi connectivity index (χ2v) is 6.39. The highest BCUT2D eigenvalue weighted by Gasteiger charge is 2.30. The lowest BCUT2D eigenvalue weighted by Gasteiger charge is -2.21. The van der Waals surface area contributed by atoms with Crippen molar-refractivity contribution in [2.24, 2.45) is 4.99 Å². The first kappa shape index (κ1) is 22.0. The zero-order chi connectivity index (χ0) is 17.4. The van der Waals surface area contributed by atoms with E-state index in [1.54, 1.807) is 12.1 Å². The quantitative estimate of drug-likeness (QED) is 0.329. The van der Waals surface area contributed by atoms with Crippen LogP contribution in [-0.2, 0) is 0 Å². The Kier molecular flexibility index (Phi) is 9.48. The summed E-state index contributed by atoms with van der Waals surface area (Å²) in [6, 6.07) is 5.98. The van der Waals surface area contributed by atoms with Gasteiger partial charge in [0.1, 0.15) is 17.7 Å². The van der Waals surface area contributed by atoms with E-state index < -0.39 is 5.60 Å². The summed E-state index contributed by atoms with van der Waals surface area (Å²) in [5.74, 6) is 1.03. The topological polar surface area (TPSA) is 65.9 Å². The smallest absolute Gasteiger partial charge is 0.191 e. The molecule has 1 unspecified atom stereocenters. The summed E-state index contributed by atoms with van der Waals surface area (Å²) in [6.07, 6.45) is 3.67. The second kappa shape index (κ2) is 10.8. The van der Waals surface area contributed by atoms with Crippen LogP contribution in [0, 0.1) is 5.82 Å². The molecule has 1 fully saturated rings. The lowest BCUT2D eigenvalue weighted by molar-refractivity contribution is 0.0574. The van der Waals surface area contributed by atoms with Gasteiger partial charge in [-0.2, -0.15) is 0 Å². The molecule has 0 saturated heterocycles. The highest BCUT2D eigenvalue weighted by atomic mass is 127. The van der Waals surface area contributed by atoms with Crippen LogP contribution in [0.15, 0.2) is 29.3 Å². The van der Waals surface area contributed by atoms with Crippen LogP contribution in [-0.4, -0.2) is 42.4 Å². The Morgan fingerprint density at radius 3 is 2.52 bits per heavy atom.